The maximum atomic E-state index is 11.8. The highest BCUT2D eigenvalue weighted by molar-refractivity contribution is 5.89. The Kier molecular flexibility index (Phi) is 4.91. The summed E-state index contributed by atoms with van der Waals surface area (Å²) in [5.74, 6) is -0.308. The van der Waals surface area contributed by atoms with Crippen LogP contribution in [0.25, 0.3) is 0 Å². The lowest BCUT2D eigenvalue weighted by atomic mass is 9.99. The maximum Gasteiger partial charge on any atom is 0.338 e. The molecule has 0 spiro atoms. The molecule has 20 heavy (non-hydrogen) atoms. The van der Waals surface area contributed by atoms with E-state index in [0.717, 1.165) is 11.1 Å². The van der Waals surface area contributed by atoms with Gasteiger partial charge < -0.3 is 9.47 Å². The third-order valence-corrected chi connectivity index (χ3v) is 3.04. The summed E-state index contributed by atoms with van der Waals surface area (Å²) in [6.07, 6.45) is -0.189. The number of ether oxygens (including phenoxy) is 2. The predicted octanol–water partition coefficient (Wildman–Crippen LogP) is 3.60. The lowest BCUT2D eigenvalue weighted by molar-refractivity contribution is 0.0526. The van der Waals surface area contributed by atoms with Gasteiger partial charge in [0.2, 0.25) is 0 Å². The summed E-state index contributed by atoms with van der Waals surface area (Å²) in [5.41, 5.74) is 2.53. The van der Waals surface area contributed by atoms with Crippen LogP contribution in [0.15, 0.2) is 54.6 Å². The molecule has 1 atom stereocenters. The lowest BCUT2D eigenvalue weighted by Gasteiger charge is -2.17. The van der Waals surface area contributed by atoms with E-state index in [0.29, 0.717) is 12.2 Å². The molecule has 1 unspecified atom stereocenters. The molecular weight excluding hydrogens is 252 g/mol. The van der Waals surface area contributed by atoms with Crippen LogP contribution in [0.2, 0.25) is 0 Å². The maximum absolute atomic E-state index is 11.8. The van der Waals surface area contributed by atoms with Crippen molar-refractivity contribution in [2.75, 3.05) is 13.7 Å². The Morgan fingerprint density at radius 3 is 2.40 bits per heavy atom. The van der Waals surface area contributed by atoms with E-state index < -0.39 is 0 Å². The fourth-order valence-corrected chi connectivity index (χ4v) is 2.14. The van der Waals surface area contributed by atoms with E-state index in [-0.39, 0.29) is 12.1 Å². The summed E-state index contributed by atoms with van der Waals surface area (Å²) < 4.78 is 10.6. The monoisotopic (exact) mass is 270 g/mol. The van der Waals surface area contributed by atoms with E-state index in [1.165, 1.54) is 0 Å². The summed E-state index contributed by atoms with van der Waals surface area (Å²) in [5, 5.41) is 0. The SMILES string of the molecule is CCOC(=O)c1cccc(C(OC)c2ccccc2)c1. The van der Waals surface area contributed by atoms with E-state index in [1.807, 2.05) is 48.5 Å². The van der Waals surface area contributed by atoms with Gasteiger partial charge in [0, 0.05) is 7.11 Å². The van der Waals surface area contributed by atoms with Crippen LogP contribution in [-0.4, -0.2) is 19.7 Å². The molecule has 0 radical (unpaired) electrons. The number of benzene rings is 2. The molecule has 0 heterocycles. The van der Waals surface area contributed by atoms with Crippen molar-refractivity contribution >= 4 is 5.97 Å². The minimum absolute atomic E-state index is 0.189. The molecule has 2 aromatic rings. The van der Waals surface area contributed by atoms with Crippen molar-refractivity contribution in [3.63, 3.8) is 0 Å². The van der Waals surface area contributed by atoms with Crippen molar-refractivity contribution < 1.29 is 14.3 Å². The van der Waals surface area contributed by atoms with E-state index in [1.54, 1.807) is 20.1 Å². The molecular formula is C17H18O3. The number of rotatable bonds is 5. The van der Waals surface area contributed by atoms with Gasteiger partial charge in [0.05, 0.1) is 12.2 Å². The molecule has 0 bridgehead atoms. The minimum atomic E-state index is -0.308. The van der Waals surface area contributed by atoms with Gasteiger partial charge in [0.25, 0.3) is 0 Å². The van der Waals surface area contributed by atoms with E-state index in [4.69, 9.17) is 9.47 Å². The molecule has 0 amide bonds. The highest BCUT2D eigenvalue weighted by atomic mass is 16.5. The van der Waals surface area contributed by atoms with Gasteiger partial charge in [0.15, 0.2) is 0 Å². The second-order valence-electron chi connectivity index (χ2n) is 4.37. The van der Waals surface area contributed by atoms with Gasteiger partial charge in [-0.2, -0.15) is 0 Å². The van der Waals surface area contributed by atoms with Crippen molar-refractivity contribution in [2.45, 2.75) is 13.0 Å². The van der Waals surface area contributed by atoms with E-state index in [2.05, 4.69) is 0 Å². The first kappa shape index (κ1) is 14.3. The first-order chi connectivity index (χ1) is 9.76. The lowest BCUT2D eigenvalue weighted by Crippen LogP contribution is -2.08. The van der Waals surface area contributed by atoms with Crippen LogP contribution in [0.3, 0.4) is 0 Å². The molecule has 3 heteroatoms. The first-order valence-electron chi connectivity index (χ1n) is 6.61. The van der Waals surface area contributed by atoms with Crippen LogP contribution in [-0.2, 0) is 9.47 Å². The zero-order chi connectivity index (χ0) is 14.4. The molecule has 0 saturated heterocycles. The molecule has 0 fully saturated rings. The quantitative estimate of drug-likeness (QED) is 0.779. The minimum Gasteiger partial charge on any atom is -0.462 e. The van der Waals surface area contributed by atoms with Crippen molar-refractivity contribution in [1.29, 1.82) is 0 Å². The summed E-state index contributed by atoms with van der Waals surface area (Å²) in [4.78, 5) is 11.8. The zero-order valence-electron chi connectivity index (χ0n) is 11.7. The summed E-state index contributed by atoms with van der Waals surface area (Å²) in [6, 6.07) is 17.3. The fraction of sp³-hybridized carbons (Fsp3) is 0.235. The number of carbonyl (C=O) groups is 1. The van der Waals surface area contributed by atoms with Crippen LogP contribution >= 0.6 is 0 Å². The number of hydrogen-bond donors (Lipinski definition) is 0. The van der Waals surface area contributed by atoms with Gasteiger partial charge in [-0.05, 0) is 30.2 Å². The Hall–Kier alpha value is -2.13. The van der Waals surface area contributed by atoms with Crippen LogP contribution in [0.4, 0.5) is 0 Å². The van der Waals surface area contributed by atoms with Crippen molar-refractivity contribution in [3.05, 3.63) is 71.3 Å². The first-order valence-corrected chi connectivity index (χ1v) is 6.61. The molecule has 0 aliphatic heterocycles. The fourth-order valence-electron chi connectivity index (χ4n) is 2.14. The van der Waals surface area contributed by atoms with Crippen molar-refractivity contribution in [2.24, 2.45) is 0 Å². The second kappa shape index (κ2) is 6.87. The Labute approximate surface area is 119 Å². The van der Waals surface area contributed by atoms with Gasteiger partial charge in [-0.15, -0.1) is 0 Å². The molecule has 104 valence electrons. The van der Waals surface area contributed by atoms with Crippen molar-refractivity contribution in [1.82, 2.24) is 0 Å². The van der Waals surface area contributed by atoms with Crippen LogP contribution in [0.5, 0.6) is 0 Å². The smallest absolute Gasteiger partial charge is 0.338 e. The highest BCUT2D eigenvalue weighted by Gasteiger charge is 2.15. The van der Waals surface area contributed by atoms with Gasteiger partial charge in [-0.25, -0.2) is 4.79 Å². The Morgan fingerprint density at radius 1 is 1.05 bits per heavy atom. The largest absolute Gasteiger partial charge is 0.462 e. The summed E-state index contributed by atoms with van der Waals surface area (Å²) >= 11 is 0. The highest BCUT2D eigenvalue weighted by Crippen LogP contribution is 2.25. The Balaban J connectivity index is 2.31. The van der Waals surface area contributed by atoms with E-state index in [9.17, 15) is 4.79 Å². The topological polar surface area (TPSA) is 35.5 Å². The molecule has 2 rings (SSSR count). The second-order valence-corrected chi connectivity index (χ2v) is 4.37. The van der Waals surface area contributed by atoms with Gasteiger partial charge in [-0.1, -0.05) is 42.5 Å². The average molecular weight is 270 g/mol. The molecule has 3 nitrogen and oxygen atoms in total. The molecule has 0 saturated carbocycles. The van der Waals surface area contributed by atoms with Gasteiger partial charge in [-0.3, -0.25) is 0 Å². The zero-order valence-corrected chi connectivity index (χ0v) is 11.7. The Morgan fingerprint density at radius 2 is 1.75 bits per heavy atom. The Bertz CT molecular complexity index is 563. The van der Waals surface area contributed by atoms with Crippen LogP contribution in [0, 0.1) is 0 Å². The number of esters is 1. The molecule has 0 N–H and O–H groups in total. The predicted molar refractivity (Wildman–Crippen MR) is 77.7 cm³/mol. The molecule has 0 aliphatic carbocycles. The average Bonchev–Trinajstić information content (AvgIpc) is 2.50. The normalized spacial score (nSPS) is 11.9. The molecule has 0 aromatic heterocycles. The van der Waals surface area contributed by atoms with E-state index >= 15 is 0 Å². The third kappa shape index (κ3) is 3.25. The third-order valence-electron chi connectivity index (χ3n) is 3.04. The molecule has 2 aromatic carbocycles. The number of hydrogen-bond acceptors (Lipinski definition) is 3. The van der Waals surface area contributed by atoms with Gasteiger partial charge >= 0.3 is 5.97 Å². The van der Waals surface area contributed by atoms with Gasteiger partial charge in [0.1, 0.15) is 6.10 Å². The van der Waals surface area contributed by atoms with Crippen LogP contribution < -0.4 is 0 Å². The molecule has 0 aliphatic rings. The van der Waals surface area contributed by atoms with Crippen LogP contribution in [0.1, 0.15) is 34.5 Å². The standard InChI is InChI=1S/C17H18O3/c1-3-20-17(18)15-11-7-10-14(12-15)16(19-2)13-8-5-4-6-9-13/h4-12,16H,3H2,1-2H3. The summed E-state index contributed by atoms with van der Waals surface area (Å²) in [6.45, 7) is 2.17. The summed E-state index contributed by atoms with van der Waals surface area (Å²) in [7, 11) is 1.66. The number of carbonyl (C=O) groups excluding carboxylic acids is 1. The number of methoxy groups -OCH3 is 1. The van der Waals surface area contributed by atoms with Crippen molar-refractivity contribution in [3.8, 4) is 0 Å².